The molecule has 9 nitrogen and oxygen atoms in total. The molecule has 0 saturated carbocycles. The first-order valence-electron chi connectivity index (χ1n) is 11.8. The van der Waals surface area contributed by atoms with Gasteiger partial charge in [0.25, 0.3) is 20.0 Å². The second kappa shape index (κ2) is 9.99. The summed E-state index contributed by atoms with van der Waals surface area (Å²) in [7, 11) is -11.9. The number of aliphatic hydroxyl groups is 1. The minimum absolute atomic E-state index is 0.0448. The molecule has 3 aromatic rings. The van der Waals surface area contributed by atoms with Gasteiger partial charge in [-0.3, -0.25) is 9.03 Å². The predicted octanol–water partition coefficient (Wildman–Crippen LogP) is 3.07. The Bertz CT molecular complexity index is 1700. The maximum Gasteiger partial charge on any atom is 0.264 e. The van der Waals surface area contributed by atoms with Gasteiger partial charge in [0.05, 0.1) is 39.1 Å². The number of benzene rings is 3. The lowest BCUT2D eigenvalue weighted by molar-refractivity contribution is 0.184. The third-order valence-corrected chi connectivity index (χ3v) is 11.7. The van der Waals surface area contributed by atoms with Crippen molar-refractivity contribution in [2.75, 3.05) is 20.5 Å². The fourth-order valence-electron chi connectivity index (χ4n) is 4.30. The highest BCUT2D eigenvalue weighted by Crippen LogP contribution is 2.33. The van der Waals surface area contributed by atoms with Crippen molar-refractivity contribution in [3.63, 3.8) is 0 Å². The molecule has 0 unspecified atom stereocenters. The first-order valence-corrected chi connectivity index (χ1v) is 16.6. The summed E-state index contributed by atoms with van der Waals surface area (Å²) in [4.78, 5) is 0.0412. The SMILES string of the molecule is Cc1ccc(S(=O)(=O)Nc2ccc(N([C@H]3CS(=O)(=O)C[C@H]3O)S(=O)(=O)c3ccc(C)c(C)c3)cc2)cc1C. The van der Waals surface area contributed by atoms with Crippen LogP contribution in [0.15, 0.2) is 70.5 Å². The molecule has 2 N–H and O–H groups in total. The number of hydrogen-bond donors (Lipinski definition) is 2. The van der Waals surface area contributed by atoms with Gasteiger partial charge in [-0.05, 0) is 98.5 Å². The molecule has 0 amide bonds. The molecule has 0 spiro atoms. The van der Waals surface area contributed by atoms with Crippen LogP contribution in [0.5, 0.6) is 0 Å². The molecule has 1 aliphatic heterocycles. The Morgan fingerprint density at radius 1 is 0.763 bits per heavy atom. The molecule has 38 heavy (non-hydrogen) atoms. The van der Waals surface area contributed by atoms with Gasteiger partial charge in [0, 0.05) is 5.69 Å². The summed E-state index contributed by atoms with van der Waals surface area (Å²) in [6, 6.07) is 13.7. The zero-order valence-electron chi connectivity index (χ0n) is 21.4. The van der Waals surface area contributed by atoms with Gasteiger partial charge in [-0.25, -0.2) is 25.3 Å². The summed E-state index contributed by atoms with van der Waals surface area (Å²) >= 11 is 0. The molecule has 1 fully saturated rings. The summed E-state index contributed by atoms with van der Waals surface area (Å²) in [5.74, 6) is -1.09. The topological polar surface area (TPSA) is 138 Å². The van der Waals surface area contributed by atoms with E-state index >= 15 is 0 Å². The Morgan fingerprint density at radius 2 is 1.29 bits per heavy atom. The fraction of sp³-hybridized carbons (Fsp3) is 0.308. The average Bonchev–Trinajstić information content (AvgIpc) is 3.09. The quantitative estimate of drug-likeness (QED) is 0.439. The van der Waals surface area contributed by atoms with Crippen LogP contribution < -0.4 is 9.03 Å². The molecule has 3 aromatic carbocycles. The van der Waals surface area contributed by atoms with Gasteiger partial charge in [-0.1, -0.05) is 12.1 Å². The van der Waals surface area contributed by atoms with E-state index in [-0.39, 0.29) is 21.2 Å². The molecule has 4 rings (SSSR count). The number of nitrogens with zero attached hydrogens (tertiary/aromatic N) is 1. The van der Waals surface area contributed by atoms with Gasteiger partial charge >= 0.3 is 0 Å². The number of sulfonamides is 2. The van der Waals surface area contributed by atoms with Crippen LogP contribution in [-0.2, 0) is 29.9 Å². The van der Waals surface area contributed by atoms with Crippen LogP contribution in [0.3, 0.4) is 0 Å². The van der Waals surface area contributed by atoms with Crippen molar-refractivity contribution in [3.05, 3.63) is 82.9 Å². The second-order valence-corrected chi connectivity index (χ2v) is 15.3. The van der Waals surface area contributed by atoms with Gasteiger partial charge in [0.15, 0.2) is 9.84 Å². The van der Waals surface area contributed by atoms with Gasteiger partial charge in [0.1, 0.15) is 0 Å². The Kier molecular flexibility index (Phi) is 7.38. The summed E-state index contributed by atoms with van der Waals surface area (Å²) in [6.07, 6.45) is -1.43. The minimum atomic E-state index is -4.29. The lowest BCUT2D eigenvalue weighted by Gasteiger charge is -2.31. The van der Waals surface area contributed by atoms with Crippen LogP contribution >= 0.6 is 0 Å². The maximum absolute atomic E-state index is 13.8. The monoisotopic (exact) mass is 578 g/mol. The van der Waals surface area contributed by atoms with E-state index in [0.29, 0.717) is 0 Å². The van der Waals surface area contributed by atoms with E-state index in [9.17, 15) is 30.4 Å². The van der Waals surface area contributed by atoms with Crippen molar-refractivity contribution in [3.8, 4) is 0 Å². The van der Waals surface area contributed by atoms with Crippen molar-refractivity contribution in [1.82, 2.24) is 0 Å². The summed E-state index contributed by atoms with van der Waals surface area (Å²) < 4.78 is 81.4. The summed E-state index contributed by atoms with van der Waals surface area (Å²) in [5.41, 5.74) is 3.68. The Hall–Kier alpha value is -2.93. The molecule has 1 saturated heterocycles. The molecule has 1 aliphatic rings. The van der Waals surface area contributed by atoms with Crippen molar-refractivity contribution < 1.29 is 30.4 Å². The van der Waals surface area contributed by atoms with Gasteiger partial charge < -0.3 is 5.11 Å². The number of aryl methyl sites for hydroxylation is 4. The Balaban J connectivity index is 1.73. The lowest BCUT2D eigenvalue weighted by atomic mass is 10.1. The molecule has 204 valence electrons. The van der Waals surface area contributed by atoms with E-state index in [1.807, 2.05) is 20.8 Å². The van der Waals surface area contributed by atoms with E-state index in [1.165, 1.54) is 42.5 Å². The highest BCUT2D eigenvalue weighted by molar-refractivity contribution is 7.93. The minimum Gasteiger partial charge on any atom is -0.390 e. The number of anilines is 2. The van der Waals surface area contributed by atoms with Gasteiger partial charge in [-0.2, -0.15) is 0 Å². The molecule has 0 radical (unpaired) electrons. The van der Waals surface area contributed by atoms with Crippen LogP contribution in [0.25, 0.3) is 0 Å². The molecular formula is C26H30N2O7S3. The molecule has 0 aliphatic carbocycles. The molecule has 2 atom stereocenters. The van der Waals surface area contributed by atoms with Crippen molar-refractivity contribution >= 4 is 41.3 Å². The molecule has 0 aromatic heterocycles. The van der Waals surface area contributed by atoms with Crippen molar-refractivity contribution in [1.29, 1.82) is 0 Å². The molecule has 0 bridgehead atoms. The van der Waals surface area contributed by atoms with E-state index in [4.69, 9.17) is 0 Å². The van der Waals surface area contributed by atoms with Crippen molar-refractivity contribution in [2.24, 2.45) is 0 Å². The summed E-state index contributed by atoms with van der Waals surface area (Å²) in [5, 5.41) is 10.6. The third-order valence-electron chi connectivity index (χ3n) is 6.79. The van der Waals surface area contributed by atoms with Gasteiger partial charge in [0.2, 0.25) is 0 Å². The average molecular weight is 579 g/mol. The third kappa shape index (κ3) is 5.58. The fourth-order valence-corrected chi connectivity index (χ4v) is 9.07. The van der Waals surface area contributed by atoms with E-state index in [1.54, 1.807) is 25.1 Å². The van der Waals surface area contributed by atoms with E-state index in [2.05, 4.69) is 4.72 Å². The Morgan fingerprint density at radius 3 is 1.79 bits per heavy atom. The smallest absolute Gasteiger partial charge is 0.264 e. The number of nitrogens with one attached hydrogen (secondary N) is 1. The predicted molar refractivity (Wildman–Crippen MR) is 147 cm³/mol. The highest BCUT2D eigenvalue weighted by atomic mass is 32.2. The molecular weight excluding hydrogens is 548 g/mol. The molecule has 12 heteroatoms. The standard InChI is InChI=1S/C26H30N2O7S3/c1-17-5-11-23(13-19(17)3)37(32,33)27-21-7-9-22(10-8-21)28(25-15-36(30,31)16-26(25)29)38(34,35)24-12-6-18(2)20(4)14-24/h5-14,25-27,29H,15-16H2,1-4H3/t25-,26+/m0/s1. The van der Waals surface area contributed by atoms with E-state index < -0.39 is 53.5 Å². The number of rotatable bonds is 7. The van der Waals surface area contributed by atoms with E-state index in [0.717, 1.165) is 26.6 Å². The zero-order valence-corrected chi connectivity index (χ0v) is 23.9. The first-order chi connectivity index (χ1) is 17.6. The number of aliphatic hydroxyl groups excluding tert-OH is 1. The van der Waals surface area contributed by atoms with Crippen LogP contribution in [-0.4, -0.2) is 54.0 Å². The molecule has 1 heterocycles. The number of hydrogen-bond acceptors (Lipinski definition) is 7. The number of sulfone groups is 1. The zero-order chi connectivity index (χ0) is 28.0. The normalized spacial score (nSPS) is 19.3. The van der Waals surface area contributed by atoms with Crippen LogP contribution in [0.1, 0.15) is 22.3 Å². The maximum atomic E-state index is 13.8. The summed E-state index contributed by atoms with van der Waals surface area (Å²) in [6.45, 7) is 7.30. The van der Waals surface area contributed by atoms with Crippen molar-refractivity contribution in [2.45, 2.75) is 49.6 Å². The second-order valence-electron chi connectivity index (χ2n) is 9.66. The van der Waals surface area contributed by atoms with Crippen LogP contribution in [0.4, 0.5) is 11.4 Å². The van der Waals surface area contributed by atoms with Crippen LogP contribution in [0, 0.1) is 27.7 Å². The largest absolute Gasteiger partial charge is 0.390 e. The van der Waals surface area contributed by atoms with Gasteiger partial charge in [-0.15, -0.1) is 0 Å². The Labute approximate surface area is 224 Å². The van der Waals surface area contributed by atoms with Crippen LogP contribution in [0.2, 0.25) is 0 Å². The lowest BCUT2D eigenvalue weighted by Crippen LogP contribution is -2.47. The first kappa shape index (κ1) is 28.1. The highest BCUT2D eigenvalue weighted by Gasteiger charge is 2.45.